The predicted octanol–water partition coefficient (Wildman–Crippen LogP) is 3.50. The highest BCUT2D eigenvalue weighted by Gasteiger charge is 2.13. The van der Waals surface area contributed by atoms with Crippen molar-refractivity contribution in [1.82, 2.24) is 10.3 Å². The monoisotopic (exact) mass is 323 g/mol. The lowest BCUT2D eigenvalue weighted by Gasteiger charge is -2.07. The summed E-state index contributed by atoms with van der Waals surface area (Å²) in [5.41, 5.74) is 6.86. The van der Waals surface area contributed by atoms with Crippen LogP contribution in [-0.2, 0) is 0 Å². The molecule has 96 valence electrons. The first-order valence-electron chi connectivity index (χ1n) is 5.29. The summed E-state index contributed by atoms with van der Waals surface area (Å²) in [7, 11) is 0. The van der Waals surface area contributed by atoms with E-state index < -0.39 is 5.82 Å². The van der Waals surface area contributed by atoms with Crippen LogP contribution in [0.15, 0.2) is 39.4 Å². The fourth-order valence-corrected chi connectivity index (χ4v) is 1.96. The SMILES string of the molecule is Nc1ccc(Oc2cc(Br)ccc2F)c2nonc12. The molecule has 2 aromatic carbocycles. The summed E-state index contributed by atoms with van der Waals surface area (Å²) in [6, 6.07) is 7.58. The molecule has 0 spiro atoms. The van der Waals surface area contributed by atoms with E-state index in [4.69, 9.17) is 10.5 Å². The van der Waals surface area contributed by atoms with Crippen LogP contribution >= 0.6 is 15.9 Å². The van der Waals surface area contributed by atoms with Gasteiger partial charge in [-0.1, -0.05) is 15.9 Å². The number of halogens is 2. The summed E-state index contributed by atoms with van der Waals surface area (Å²) in [4.78, 5) is 0. The first-order valence-corrected chi connectivity index (χ1v) is 6.08. The second-order valence-corrected chi connectivity index (χ2v) is 4.71. The van der Waals surface area contributed by atoms with Crippen molar-refractivity contribution < 1.29 is 13.8 Å². The maximum atomic E-state index is 13.6. The van der Waals surface area contributed by atoms with E-state index in [2.05, 4.69) is 30.9 Å². The summed E-state index contributed by atoms with van der Waals surface area (Å²) < 4.78 is 24.4. The van der Waals surface area contributed by atoms with Crippen LogP contribution in [-0.4, -0.2) is 10.3 Å². The van der Waals surface area contributed by atoms with E-state index in [0.717, 1.165) is 0 Å². The largest absolute Gasteiger partial charge is 0.452 e. The number of fused-ring (bicyclic) bond motifs is 1. The standard InChI is InChI=1S/C12H7BrFN3O2/c13-6-1-2-7(14)10(5-6)18-9-4-3-8(15)11-12(9)17-19-16-11/h1-5H,15H2. The average Bonchev–Trinajstić information content (AvgIpc) is 2.87. The molecule has 5 nitrogen and oxygen atoms in total. The number of rotatable bonds is 2. The molecule has 1 aromatic heterocycles. The lowest BCUT2D eigenvalue weighted by atomic mass is 10.2. The molecule has 0 radical (unpaired) electrons. The molecular weight excluding hydrogens is 317 g/mol. The number of ether oxygens (including phenoxy) is 1. The maximum Gasteiger partial charge on any atom is 0.179 e. The van der Waals surface area contributed by atoms with Crippen molar-refractivity contribution in [2.75, 3.05) is 5.73 Å². The zero-order valence-electron chi connectivity index (χ0n) is 9.43. The van der Waals surface area contributed by atoms with Gasteiger partial charge in [0.15, 0.2) is 28.3 Å². The highest BCUT2D eigenvalue weighted by molar-refractivity contribution is 9.10. The smallest absolute Gasteiger partial charge is 0.179 e. The van der Waals surface area contributed by atoms with Crippen LogP contribution in [0.1, 0.15) is 0 Å². The van der Waals surface area contributed by atoms with Crippen molar-refractivity contribution in [2.45, 2.75) is 0 Å². The minimum absolute atomic E-state index is 0.0726. The van der Waals surface area contributed by atoms with Gasteiger partial charge in [-0.3, -0.25) is 0 Å². The zero-order chi connectivity index (χ0) is 13.4. The minimum Gasteiger partial charge on any atom is -0.452 e. The molecule has 0 bridgehead atoms. The molecule has 0 atom stereocenters. The predicted molar refractivity (Wildman–Crippen MR) is 70.4 cm³/mol. The number of hydrogen-bond acceptors (Lipinski definition) is 5. The van der Waals surface area contributed by atoms with Gasteiger partial charge in [0.2, 0.25) is 0 Å². The topological polar surface area (TPSA) is 74.2 Å². The number of nitrogens with zero attached hydrogens (tertiary/aromatic N) is 2. The molecule has 0 saturated heterocycles. The number of anilines is 1. The summed E-state index contributed by atoms with van der Waals surface area (Å²) in [5.74, 6) is -0.0875. The molecule has 0 amide bonds. The van der Waals surface area contributed by atoms with Gasteiger partial charge in [-0.2, -0.15) is 0 Å². The van der Waals surface area contributed by atoms with Crippen molar-refractivity contribution in [3.63, 3.8) is 0 Å². The Morgan fingerprint density at radius 2 is 1.89 bits per heavy atom. The Morgan fingerprint density at radius 1 is 1.11 bits per heavy atom. The molecule has 0 aliphatic rings. The Morgan fingerprint density at radius 3 is 2.74 bits per heavy atom. The van der Waals surface area contributed by atoms with Crippen LogP contribution in [0, 0.1) is 5.82 Å². The van der Waals surface area contributed by atoms with Gasteiger partial charge in [0.25, 0.3) is 0 Å². The fraction of sp³-hybridized carbons (Fsp3) is 0. The van der Waals surface area contributed by atoms with Crippen LogP contribution in [0.5, 0.6) is 11.5 Å². The Hall–Kier alpha value is -2.15. The Balaban J connectivity index is 2.08. The van der Waals surface area contributed by atoms with E-state index in [-0.39, 0.29) is 5.75 Å². The molecule has 2 N–H and O–H groups in total. The quantitative estimate of drug-likeness (QED) is 0.730. The third-order valence-corrected chi connectivity index (χ3v) is 3.02. The average molecular weight is 324 g/mol. The molecule has 3 aromatic rings. The molecular formula is C12H7BrFN3O2. The van der Waals surface area contributed by atoms with Gasteiger partial charge in [-0.25, -0.2) is 9.02 Å². The molecule has 0 fully saturated rings. The first kappa shape index (κ1) is 11.9. The van der Waals surface area contributed by atoms with Crippen molar-refractivity contribution in [3.05, 3.63) is 40.6 Å². The van der Waals surface area contributed by atoms with Crippen molar-refractivity contribution in [2.24, 2.45) is 0 Å². The molecule has 0 aliphatic carbocycles. The number of nitrogen functional groups attached to an aromatic ring is 1. The van der Waals surface area contributed by atoms with Crippen molar-refractivity contribution in [3.8, 4) is 11.5 Å². The van der Waals surface area contributed by atoms with Crippen LogP contribution in [0.3, 0.4) is 0 Å². The van der Waals surface area contributed by atoms with E-state index >= 15 is 0 Å². The Bertz CT molecular complexity index is 760. The van der Waals surface area contributed by atoms with Crippen LogP contribution < -0.4 is 10.5 Å². The van der Waals surface area contributed by atoms with Crippen LogP contribution in [0.25, 0.3) is 11.0 Å². The lowest BCUT2D eigenvalue weighted by Crippen LogP contribution is -1.92. The van der Waals surface area contributed by atoms with E-state index in [0.29, 0.717) is 26.9 Å². The van der Waals surface area contributed by atoms with Crippen LogP contribution in [0.2, 0.25) is 0 Å². The summed E-state index contributed by atoms with van der Waals surface area (Å²) in [5, 5.41) is 7.37. The third kappa shape index (κ3) is 2.12. The molecule has 0 saturated carbocycles. The minimum atomic E-state index is -0.482. The van der Waals surface area contributed by atoms with Gasteiger partial charge in [0.1, 0.15) is 0 Å². The summed E-state index contributed by atoms with van der Waals surface area (Å²) in [6.45, 7) is 0. The van der Waals surface area contributed by atoms with Crippen molar-refractivity contribution in [1.29, 1.82) is 0 Å². The van der Waals surface area contributed by atoms with E-state index in [1.54, 1.807) is 18.2 Å². The van der Waals surface area contributed by atoms with Gasteiger partial charge in [-0.15, -0.1) is 0 Å². The molecule has 0 unspecified atom stereocenters. The van der Waals surface area contributed by atoms with E-state index in [9.17, 15) is 4.39 Å². The van der Waals surface area contributed by atoms with Gasteiger partial charge < -0.3 is 10.5 Å². The lowest BCUT2D eigenvalue weighted by molar-refractivity contribution is 0.314. The highest BCUT2D eigenvalue weighted by Crippen LogP contribution is 2.33. The van der Waals surface area contributed by atoms with Gasteiger partial charge in [-0.05, 0) is 40.6 Å². The number of nitrogens with two attached hydrogens (primary N) is 1. The Labute approximate surface area is 115 Å². The summed E-state index contributed by atoms with van der Waals surface area (Å²) >= 11 is 3.25. The second-order valence-electron chi connectivity index (χ2n) is 3.79. The molecule has 7 heteroatoms. The number of aromatic nitrogens is 2. The number of hydrogen-bond donors (Lipinski definition) is 1. The Kier molecular flexibility index (Phi) is 2.83. The zero-order valence-corrected chi connectivity index (χ0v) is 11.0. The maximum absolute atomic E-state index is 13.6. The highest BCUT2D eigenvalue weighted by atomic mass is 79.9. The molecule has 0 aliphatic heterocycles. The summed E-state index contributed by atoms with van der Waals surface area (Å²) in [6.07, 6.45) is 0. The van der Waals surface area contributed by atoms with Crippen molar-refractivity contribution >= 4 is 32.7 Å². The number of benzene rings is 2. The molecule has 1 heterocycles. The fourth-order valence-electron chi connectivity index (χ4n) is 1.62. The van der Waals surface area contributed by atoms with Gasteiger partial charge in [0.05, 0.1) is 5.69 Å². The van der Waals surface area contributed by atoms with Gasteiger partial charge >= 0.3 is 0 Å². The van der Waals surface area contributed by atoms with Gasteiger partial charge in [0, 0.05) is 4.47 Å². The third-order valence-electron chi connectivity index (χ3n) is 2.52. The first-order chi connectivity index (χ1) is 9.15. The molecule has 19 heavy (non-hydrogen) atoms. The van der Waals surface area contributed by atoms with E-state index in [1.165, 1.54) is 12.1 Å². The normalized spacial score (nSPS) is 10.8. The van der Waals surface area contributed by atoms with E-state index in [1.807, 2.05) is 0 Å². The second kappa shape index (κ2) is 4.51. The van der Waals surface area contributed by atoms with Crippen LogP contribution in [0.4, 0.5) is 10.1 Å². The molecule has 3 rings (SSSR count).